The van der Waals surface area contributed by atoms with Gasteiger partial charge in [-0.1, -0.05) is 6.07 Å². The van der Waals surface area contributed by atoms with Crippen molar-refractivity contribution in [1.29, 1.82) is 0 Å². The van der Waals surface area contributed by atoms with Crippen LogP contribution >= 0.6 is 0 Å². The molecule has 0 bridgehead atoms. The number of carboxylic acid groups (broad SMARTS) is 1. The lowest BCUT2D eigenvalue weighted by atomic mass is 10.0. The van der Waals surface area contributed by atoms with Crippen molar-refractivity contribution in [3.63, 3.8) is 0 Å². The first-order chi connectivity index (χ1) is 22.0. The van der Waals surface area contributed by atoms with Crippen LogP contribution in [0.25, 0.3) is 5.69 Å². The molecule has 2 aromatic carbocycles. The maximum absolute atomic E-state index is 13.9. The zero-order valence-electron chi connectivity index (χ0n) is 24.9. The van der Waals surface area contributed by atoms with Crippen LogP contribution < -0.4 is 15.5 Å². The number of fused-ring (bicyclic) bond motifs is 1. The second-order valence-corrected chi connectivity index (χ2v) is 10.6. The Labute approximate surface area is 264 Å². The van der Waals surface area contributed by atoms with E-state index in [1.807, 2.05) is 6.92 Å². The van der Waals surface area contributed by atoms with Crippen LogP contribution in [0.1, 0.15) is 51.9 Å². The number of nitrogens with zero attached hydrogens (tertiary/aromatic N) is 5. The molecule has 0 radical (unpaired) electrons. The van der Waals surface area contributed by atoms with E-state index in [0.717, 1.165) is 30.6 Å². The van der Waals surface area contributed by atoms with E-state index < -0.39 is 35.8 Å². The molecule has 0 saturated carbocycles. The molecule has 2 aliphatic rings. The Balaban J connectivity index is 0.000000644. The number of nitrogens with two attached hydrogens (primary N) is 1. The van der Waals surface area contributed by atoms with Crippen LogP contribution in [0.4, 0.5) is 37.7 Å². The highest BCUT2D eigenvalue weighted by Gasteiger charge is 2.43. The monoisotopic (exact) mass is 668 g/mol. The minimum Gasteiger partial charge on any atom is -0.475 e. The first-order valence-electron chi connectivity index (χ1n) is 14.4. The van der Waals surface area contributed by atoms with E-state index in [2.05, 4.69) is 10.00 Å². The van der Waals surface area contributed by atoms with Gasteiger partial charge in [0.05, 0.1) is 12.2 Å². The van der Waals surface area contributed by atoms with Gasteiger partial charge in [0, 0.05) is 35.6 Å². The lowest BCUT2D eigenvalue weighted by Gasteiger charge is -2.29. The summed E-state index contributed by atoms with van der Waals surface area (Å²) in [6.07, 6.45) is -7.76. The van der Waals surface area contributed by atoms with E-state index in [-0.39, 0.29) is 41.4 Å². The molecule has 252 valence electrons. The molecule has 1 fully saturated rings. The minimum atomic E-state index is -5.08. The number of aliphatic carboxylic acids is 1. The number of carboxylic acids is 1. The predicted octanol–water partition coefficient (Wildman–Crippen LogP) is 4.27. The van der Waals surface area contributed by atoms with Crippen molar-refractivity contribution in [3.05, 3.63) is 71.0 Å². The van der Waals surface area contributed by atoms with E-state index in [0.29, 0.717) is 24.5 Å². The summed E-state index contributed by atoms with van der Waals surface area (Å²) in [6.45, 7) is 4.53. The molecule has 3 amide bonds. The first-order valence-corrected chi connectivity index (χ1v) is 14.4. The van der Waals surface area contributed by atoms with Crippen molar-refractivity contribution in [2.75, 3.05) is 42.5 Å². The molecule has 17 heteroatoms. The number of halogens is 6. The number of benzene rings is 2. The average molecular weight is 669 g/mol. The quantitative estimate of drug-likeness (QED) is 0.358. The molecule has 0 atom stereocenters. The van der Waals surface area contributed by atoms with Crippen LogP contribution in [0.2, 0.25) is 0 Å². The Morgan fingerprint density at radius 3 is 2.11 bits per heavy atom. The fraction of sp³-hybridized carbons (Fsp3) is 0.367. The highest BCUT2D eigenvalue weighted by atomic mass is 19.4. The average Bonchev–Trinajstić information content (AvgIpc) is 3.67. The van der Waals surface area contributed by atoms with Gasteiger partial charge in [-0.05, 0) is 81.7 Å². The summed E-state index contributed by atoms with van der Waals surface area (Å²) in [6, 6.07) is 12.5. The molecule has 0 spiro atoms. The third kappa shape index (κ3) is 7.90. The third-order valence-corrected chi connectivity index (χ3v) is 7.55. The van der Waals surface area contributed by atoms with Crippen LogP contribution in [-0.2, 0) is 22.2 Å². The smallest absolute Gasteiger partial charge is 0.475 e. The Morgan fingerprint density at radius 1 is 0.957 bits per heavy atom. The van der Waals surface area contributed by atoms with Gasteiger partial charge in [-0.15, -0.1) is 0 Å². The molecule has 3 aromatic rings. The Morgan fingerprint density at radius 2 is 1.57 bits per heavy atom. The third-order valence-electron chi connectivity index (χ3n) is 7.55. The van der Waals surface area contributed by atoms with Crippen molar-refractivity contribution in [2.45, 2.75) is 38.5 Å². The molecule has 11 nitrogen and oxygen atoms in total. The van der Waals surface area contributed by atoms with E-state index in [9.17, 15) is 40.7 Å². The number of rotatable bonds is 7. The number of amides is 3. The Hall–Kier alpha value is -4.93. The number of likely N-dealkylation sites (N-methyl/N-ethyl adjacent to an activating group) is 1. The summed E-state index contributed by atoms with van der Waals surface area (Å²) in [5.41, 5.74) is 5.14. The summed E-state index contributed by atoms with van der Waals surface area (Å²) in [5, 5.41) is 10.9. The van der Waals surface area contributed by atoms with Crippen LogP contribution in [0.15, 0.2) is 48.5 Å². The van der Waals surface area contributed by atoms with Crippen LogP contribution in [0.3, 0.4) is 0 Å². The molecule has 5 rings (SSSR count). The molecule has 47 heavy (non-hydrogen) atoms. The Bertz CT molecular complexity index is 1650. The van der Waals surface area contributed by atoms with E-state index >= 15 is 0 Å². The number of hydrogen-bond acceptors (Lipinski definition) is 6. The number of carbonyl (C=O) groups is 4. The van der Waals surface area contributed by atoms with E-state index in [4.69, 9.17) is 15.6 Å². The summed E-state index contributed by atoms with van der Waals surface area (Å²) < 4.78 is 74.4. The number of aromatic nitrogens is 2. The second kappa shape index (κ2) is 13.8. The minimum absolute atomic E-state index is 0.0161. The molecule has 1 aromatic heterocycles. The van der Waals surface area contributed by atoms with Crippen molar-refractivity contribution in [1.82, 2.24) is 14.7 Å². The van der Waals surface area contributed by atoms with Crippen molar-refractivity contribution < 1.29 is 50.6 Å². The number of hydrogen-bond donors (Lipinski definition) is 2. The Kier molecular flexibility index (Phi) is 10.3. The molecule has 0 aliphatic carbocycles. The van der Waals surface area contributed by atoms with Gasteiger partial charge in [0.25, 0.3) is 5.91 Å². The number of primary amides is 1. The normalized spacial score (nSPS) is 15.1. The zero-order valence-corrected chi connectivity index (χ0v) is 24.9. The SMILES string of the molecule is CCN(C(=O)CN1CCCC1)c1ccc(N2CCc3c(C(F)(F)F)nn(-c4cccc(C(N)=O)c4)c3C2=O)cc1.O=C(O)C(F)(F)F. The van der Waals surface area contributed by atoms with Gasteiger partial charge < -0.3 is 20.6 Å². The van der Waals surface area contributed by atoms with Gasteiger partial charge in [0.1, 0.15) is 5.69 Å². The molecule has 2 aliphatic heterocycles. The van der Waals surface area contributed by atoms with E-state index in [1.54, 1.807) is 29.2 Å². The molecule has 1 saturated heterocycles. The first kappa shape index (κ1) is 34.9. The molecule has 3 N–H and O–H groups in total. The summed E-state index contributed by atoms with van der Waals surface area (Å²) in [4.78, 5) is 52.4. The zero-order chi connectivity index (χ0) is 34.7. The fourth-order valence-corrected chi connectivity index (χ4v) is 5.34. The van der Waals surface area contributed by atoms with Crippen LogP contribution in [0.5, 0.6) is 0 Å². The van der Waals surface area contributed by atoms with Gasteiger partial charge >= 0.3 is 18.3 Å². The van der Waals surface area contributed by atoms with Gasteiger partial charge in [0.2, 0.25) is 11.8 Å². The second-order valence-electron chi connectivity index (χ2n) is 10.6. The standard InChI is InChI=1S/C28H29F3N6O3.C2HF3O2/c1-2-35(23(38)17-34-13-3-4-14-34)19-8-10-20(11-9-19)36-15-12-22-24(27(36)40)37(33-25(22)28(29,30)31)21-7-5-6-18(16-21)26(32)39;3-2(4,5)1(6)7/h5-11,16H,2-4,12-15,17H2,1H3,(H2,32,39);(H,6,7). The molecule has 0 unspecified atom stereocenters. The van der Waals surface area contributed by atoms with E-state index in [1.165, 1.54) is 29.2 Å². The summed E-state index contributed by atoms with van der Waals surface area (Å²) in [5.74, 6) is -4.18. The summed E-state index contributed by atoms with van der Waals surface area (Å²) >= 11 is 0. The highest BCUT2D eigenvalue weighted by molar-refractivity contribution is 6.08. The number of alkyl halides is 6. The van der Waals surface area contributed by atoms with Crippen LogP contribution in [-0.4, -0.2) is 82.4 Å². The van der Waals surface area contributed by atoms with Crippen LogP contribution in [0, 0.1) is 0 Å². The van der Waals surface area contributed by atoms with Crippen molar-refractivity contribution in [2.24, 2.45) is 5.73 Å². The van der Waals surface area contributed by atoms with Gasteiger partial charge in [-0.3, -0.25) is 19.3 Å². The predicted molar refractivity (Wildman–Crippen MR) is 156 cm³/mol. The van der Waals surface area contributed by atoms with Gasteiger partial charge in [0.15, 0.2) is 5.69 Å². The maximum Gasteiger partial charge on any atom is 0.490 e. The number of anilines is 2. The fourth-order valence-electron chi connectivity index (χ4n) is 5.34. The highest BCUT2D eigenvalue weighted by Crippen LogP contribution is 2.37. The topological polar surface area (TPSA) is 142 Å². The van der Waals surface area contributed by atoms with Crippen molar-refractivity contribution in [3.8, 4) is 5.69 Å². The lowest BCUT2D eigenvalue weighted by Crippen LogP contribution is -2.40. The molecular weight excluding hydrogens is 638 g/mol. The molecular formula is C30H30F6N6O5. The lowest BCUT2D eigenvalue weighted by molar-refractivity contribution is -0.192. The largest absolute Gasteiger partial charge is 0.490 e. The molecule has 3 heterocycles. The van der Waals surface area contributed by atoms with Crippen molar-refractivity contribution >= 4 is 35.1 Å². The van der Waals surface area contributed by atoms with Gasteiger partial charge in [-0.25, -0.2) is 9.48 Å². The number of likely N-dealkylation sites (tertiary alicyclic amines) is 1. The van der Waals surface area contributed by atoms with Gasteiger partial charge in [-0.2, -0.15) is 31.4 Å². The number of carbonyl (C=O) groups excluding carboxylic acids is 3. The summed E-state index contributed by atoms with van der Waals surface area (Å²) in [7, 11) is 0. The maximum atomic E-state index is 13.9.